The van der Waals surface area contributed by atoms with Crippen LogP contribution in [0.4, 0.5) is 0 Å². The number of carbonyl (C=O) groups excluding carboxylic acids is 1. The minimum atomic E-state index is -0.315. The summed E-state index contributed by atoms with van der Waals surface area (Å²) in [6.07, 6.45) is 1.81. The topological polar surface area (TPSA) is 52.8 Å². The molecule has 1 heterocycles. The molecule has 1 aromatic heterocycles. The van der Waals surface area contributed by atoms with Gasteiger partial charge in [-0.15, -0.1) is 6.58 Å². The second kappa shape index (κ2) is 8.89. The van der Waals surface area contributed by atoms with E-state index in [1.54, 1.807) is 24.3 Å². The van der Waals surface area contributed by atoms with Crippen LogP contribution in [0.15, 0.2) is 54.0 Å². The first-order valence-electron chi connectivity index (χ1n) is 9.27. The molecule has 0 atom stereocenters. The van der Waals surface area contributed by atoms with Gasteiger partial charge in [0.15, 0.2) is 16.3 Å². The average Bonchev–Trinajstić information content (AvgIpc) is 3.00. The van der Waals surface area contributed by atoms with Gasteiger partial charge in [-0.3, -0.25) is 4.79 Å². The largest absolute Gasteiger partial charge is 0.490 e. The van der Waals surface area contributed by atoms with Crippen LogP contribution in [-0.4, -0.2) is 23.7 Å². The van der Waals surface area contributed by atoms with Gasteiger partial charge in [0.05, 0.1) is 23.4 Å². The first-order valence-corrected chi connectivity index (χ1v) is 10.1. The van der Waals surface area contributed by atoms with Crippen molar-refractivity contribution in [2.75, 3.05) is 13.2 Å². The molecule has 0 radical (unpaired) electrons. The van der Waals surface area contributed by atoms with Crippen molar-refractivity contribution in [3.05, 3.63) is 65.0 Å². The van der Waals surface area contributed by atoms with E-state index in [1.807, 2.05) is 25.3 Å². The highest BCUT2D eigenvalue weighted by Gasteiger charge is 2.12. The molecular weight excluding hydrogens is 372 g/mol. The lowest BCUT2D eigenvalue weighted by Crippen LogP contribution is -2.16. The third-order valence-electron chi connectivity index (χ3n) is 4.14. The molecule has 0 unspecified atom stereocenters. The third-order valence-corrected chi connectivity index (χ3v) is 5.18. The number of hydrogen-bond acceptors (Lipinski definition) is 4. The first kappa shape index (κ1) is 19.9. The van der Waals surface area contributed by atoms with E-state index >= 15 is 0 Å². The number of hydrogen-bond donors (Lipinski definition) is 0. The van der Waals surface area contributed by atoms with Gasteiger partial charge in [-0.25, -0.2) is 0 Å². The fourth-order valence-electron chi connectivity index (χ4n) is 2.91. The van der Waals surface area contributed by atoms with E-state index in [0.29, 0.717) is 41.6 Å². The van der Waals surface area contributed by atoms with Crippen LogP contribution in [0.3, 0.4) is 0 Å². The zero-order valence-electron chi connectivity index (χ0n) is 16.4. The number of nitrogens with zero attached hydrogens (tertiary/aromatic N) is 2. The van der Waals surface area contributed by atoms with Crippen molar-refractivity contribution in [2.45, 2.75) is 27.3 Å². The number of benzene rings is 2. The van der Waals surface area contributed by atoms with Gasteiger partial charge in [-0.1, -0.05) is 23.5 Å². The first-order chi connectivity index (χ1) is 13.6. The van der Waals surface area contributed by atoms with E-state index in [0.717, 1.165) is 10.2 Å². The number of rotatable bonds is 7. The number of aryl methyl sites for hydroxylation is 1. The van der Waals surface area contributed by atoms with Crippen molar-refractivity contribution in [3.63, 3.8) is 0 Å². The smallest absolute Gasteiger partial charge is 0.279 e. The van der Waals surface area contributed by atoms with Gasteiger partial charge >= 0.3 is 0 Å². The maximum Gasteiger partial charge on any atom is 0.279 e. The molecule has 6 heteroatoms. The lowest BCUT2D eigenvalue weighted by atomic mass is 10.2. The number of thiazole rings is 1. The van der Waals surface area contributed by atoms with E-state index in [2.05, 4.69) is 29.8 Å². The summed E-state index contributed by atoms with van der Waals surface area (Å²) < 4.78 is 14.3. The van der Waals surface area contributed by atoms with Crippen molar-refractivity contribution in [1.82, 2.24) is 4.57 Å². The molecule has 146 valence electrons. The Balaban J connectivity index is 2.06. The second-order valence-corrected chi connectivity index (χ2v) is 7.21. The number of amides is 1. The van der Waals surface area contributed by atoms with Crippen LogP contribution in [-0.2, 0) is 6.54 Å². The Labute approximate surface area is 168 Å². The molecule has 0 saturated heterocycles. The van der Waals surface area contributed by atoms with Crippen LogP contribution in [0.5, 0.6) is 11.5 Å². The summed E-state index contributed by atoms with van der Waals surface area (Å²) in [6.45, 7) is 11.3. The van der Waals surface area contributed by atoms with E-state index < -0.39 is 0 Å². The van der Waals surface area contributed by atoms with E-state index in [-0.39, 0.29) is 5.91 Å². The second-order valence-electron chi connectivity index (χ2n) is 6.20. The lowest BCUT2D eigenvalue weighted by Gasteiger charge is -2.11. The van der Waals surface area contributed by atoms with Crippen LogP contribution in [0.1, 0.15) is 29.8 Å². The van der Waals surface area contributed by atoms with Crippen LogP contribution in [0, 0.1) is 6.92 Å². The molecule has 2 aromatic carbocycles. The van der Waals surface area contributed by atoms with Gasteiger partial charge in [-0.05, 0) is 56.7 Å². The lowest BCUT2D eigenvalue weighted by molar-refractivity contribution is 0.0997. The maximum absolute atomic E-state index is 12.8. The van der Waals surface area contributed by atoms with Gasteiger partial charge in [0.1, 0.15) is 0 Å². The maximum atomic E-state index is 12.8. The molecule has 1 amide bonds. The van der Waals surface area contributed by atoms with Gasteiger partial charge in [0.25, 0.3) is 5.91 Å². The van der Waals surface area contributed by atoms with E-state index in [1.165, 1.54) is 16.9 Å². The Kier molecular flexibility index (Phi) is 6.31. The van der Waals surface area contributed by atoms with Gasteiger partial charge in [-0.2, -0.15) is 4.99 Å². The number of carbonyl (C=O) groups is 1. The number of allylic oxidation sites excluding steroid dienone is 1. The quantitative estimate of drug-likeness (QED) is 0.542. The molecule has 0 saturated carbocycles. The molecule has 0 N–H and O–H groups in total. The summed E-state index contributed by atoms with van der Waals surface area (Å²) in [5, 5.41) is 0. The molecule has 0 aliphatic heterocycles. The van der Waals surface area contributed by atoms with Gasteiger partial charge in [0, 0.05) is 12.1 Å². The monoisotopic (exact) mass is 396 g/mol. The van der Waals surface area contributed by atoms with E-state index in [9.17, 15) is 4.79 Å². The van der Waals surface area contributed by atoms with Crippen LogP contribution >= 0.6 is 11.3 Å². The van der Waals surface area contributed by atoms with Gasteiger partial charge < -0.3 is 14.0 Å². The Morgan fingerprint density at radius 2 is 1.89 bits per heavy atom. The van der Waals surface area contributed by atoms with Crippen molar-refractivity contribution >= 4 is 27.5 Å². The Morgan fingerprint density at radius 1 is 1.14 bits per heavy atom. The Bertz CT molecular complexity index is 1080. The zero-order chi connectivity index (χ0) is 20.1. The molecule has 0 fully saturated rings. The fourth-order valence-corrected chi connectivity index (χ4v) is 4.04. The predicted octanol–water partition coefficient (Wildman–Crippen LogP) is 4.74. The highest BCUT2D eigenvalue weighted by molar-refractivity contribution is 7.16. The van der Waals surface area contributed by atoms with E-state index in [4.69, 9.17) is 9.47 Å². The minimum Gasteiger partial charge on any atom is -0.490 e. The number of ether oxygens (including phenoxy) is 2. The summed E-state index contributed by atoms with van der Waals surface area (Å²) >= 11 is 1.50. The number of aromatic nitrogens is 1. The zero-order valence-corrected chi connectivity index (χ0v) is 17.2. The summed E-state index contributed by atoms with van der Waals surface area (Å²) in [5.74, 6) is 0.862. The van der Waals surface area contributed by atoms with Crippen LogP contribution < -0.4 is 14.3 Å². The molecule has 0 aliphatic rings. The molecule has 5 nitrogen and oxygen atoms in total. The summed E-state index contributed by atoms with van der Waals surface area (Å²) in [5.41, 5.74) is 2.68. The normalized spacial score (nSPS) is 11.6. The van der Waals surface area contributed by atoms with Crippen molar-refractivity contribution < 1.29 is 14.3 Å². The molecule has 0 aliphatic carbocycles. The van der Waals surface area contributed by atoms with Crippen molar-refractivity contribution in [2.24, 2.45) is 4.99 Å². The predicted molar refractivity (Wildman–Crippen MR) is 113 cm³/mol. The minimum absolute atomic E-state index is 0.315. The molecular formula is C22H24N2O3S. The standard InChI is InChI=1S/C22H24N2O3S/c1-5-12-24-17-10-8-15(4)13-20(17)28-22(24)23-21(25)16-9-11-18(26-6-2)19(14-16)27-7-3/h5,8-11,13-14H,1,6-7,12H2,2-4H3. The van der Waals surface area contributed by atoms with Crippen molar-refractivity contribution in [1.29, 1.82) is 0 Å². The SMILES string of the molecule is C=CCn1c(=NC(=O)c2ccc(OCC)c(OCC)c2)sc2cc(C)ccc21. The van der Waals surface area contributed by atoms with Crippen LogP contribution in [0.2, 0.25) is 0 Å². The molecule has 28 heavy (non-hydrogen) atoms. The molecule has 0 bridgehead atoms. The summed E-state index contributed by atoms with van der Waals surface area (Å²) in [6, 6.07) is 11.4. The molecule has 3 rings (SSSR count). The fraction of sp³-hybridized carbons (Fsp3) is 0.273. The highest BCUT2D eigenvalue weighted by atomic mass is 32.1. The Morgan fingerprint density at radius 3 is 2.61 bits per heavy atom. The van der Waals surface area contributed by atoms with Crippen molar-refractivity contribution in [3.8, 4) is 11.5 Å². The number of fused-ring (bicyclic) bond motifs is 1. The highest BCUT2D eigenvalue weighted by Crippen LogP contribution is 2.29. The average molecular weight is 397 g/mol. The summed E-state index contributed by atoms with van der Waals surface area (Å²) in [7, 11) is 0. The molecule has 0 spiro atoms. The summed E-state index contributed by atoms with van der Waals surface area (Å²) in [4.78, 5) is 17.9. The molecule has 3 aromatic rings. The van der Waals surface area contributed by atoms with Gasteiger partial charge in [0.2, 0.25) is 0 Å². The Hall–Kier alpha value is -2.86. The van der Waals surface area contributed by atoms with Crippen LogP contribution in [0.25, 0.3) is 10.2 Å². The third kappa shape index (κ3) is 4.17.